The van der Waals surface area contributed by atoms with E-state index in [-0.39, 0.29) is 0 Å². The minimum Gasteiger partial charge on any atom is -0.386 e. The first-order chi connectivity index (χ1) is 18.5. The second-order valence-corrected chi connectivity index (χ2v) is 11.5. The van der Waals surface area contributed by atoms with E-state index in [4.69, 9.17) is 4.74 Å². The Morgan fingerprint density at radius 1 is 0.421 bits per heavy atom. The number of hydrogen-bond acceptors (Lipinski definition) is 3. The molecule has 0 amide bonds. The zero-order valence-corrected chi connectivity index (χ0v) is 26.1. The highest BCUT2D eigenvalue weighted by molar-refractivity contribution is 6.01. The molecule has 0 radical (unpaired) electrons. The van der Waals surface area contributed by atoms with E-state index < -0.39 is 11.9 Å². The summed E-state index contributed by atoms with van der Waals surface area (Å²) in [4.78, 5) is 24.5. The van der Waals surface area contributed by atoms with Crippen molar-refractivity contribution in [2.24, 2.45) is 0 Å². The maximum atomic E-state index is 12.2. The summed E-state index contributed by atoms with van der Waals surface area (Å²) in [5.41, 5.74) is 1.08. The quantitative estimate of drug-likeness (QED) is 0.0457. The zero-order chi connectivity index (χ0) is 28.1. The molecular weight excluding hydrogens is 468 g/mol. The predicted octanol–water partition coefficient (Wildman–Crippen LogP) is 11.7. The van der Waals surface area contributed by atoms with Crippen molar-refractivity contribution in [1.29, 1.82) is 0 Å². The maximum Gasteiger partial charge on any atom is 0.341 e. The van der Waals surface area contributed by atoms with Gasteiger partial charge in [0.25, 0.3) is 0 Å². The lowest BCUT2D eigenvalue weighted by Crippen LogP contribution is -2.14. The minimum atomic E-state index is -0.504. The molecule has 0 N–H and O–H groups in total. The van der Waals surface area contributed by atoms with Gasteiger partial charge in [-0.3, -0.25) is 0 Å². The van der Waals surface area contributed by atoms with Gasteiger partial charge in [-0.25, -0.2) is 9.59 Å². The van der Waals surface area contributed by atoms with E-state index in [1.807, 2.05) is 12.2 Å². The van der Waals surface area contributed by atoms with Gasteiger partial charge in [0, 0.05) is 11.1 Å². The van der Waals surface area contributed by atoms with Crippen molar-refractivity contribution in [2.45, 2.75) is 188 Å². The van der Waals surface area contributed by atoms with Crippen LogP contribution in [0.2, 0.25) is 0 Å². The fourth-order valence-electron chi connectivity index (χ4n) is 4.84. The summed E-state index contributed by atoms with van der Waals surface area (Å²) in [7, 11) is 0. The molecule has 0 atom stereocenters. The van der Waals surface area contributed by atoms with Gasteiger partial charge < -0.3 is 4.74 Å². The van der Waals surface area contributed by atoms with Crippen molar-refractivity contribution in [3.8, 4) is 0 Å². The van der Waals surface area contributed by atoms with Crippen molar-refractivity contribution in [2.75, 3.05) is 0 Å². The van der Waals surface area contributed by atoms with Crippen molar-refractivity contribution in [3.63, 3.8) is 0 Å². The first-order valence-electron chi connectivity index (χ1n) is 16.6. The van der Waals surface area contributed by atoms with Gasteiger partial charge in [0.1, 0.15) is 0 Å². The normalized spacial score (nSPS) is 12.2. The smallest absolute Gasteiger partial charge is 0.341 e. The molecule has 38 heavy (non-hydrogen) atoms. The fourth-order valence-corrected chi connectivity index (χ4v) is 4.84. The van der Waals surface area contributed by atoms with E-state index in [1.165, 1.54) is 135 Å². The molecular formula is C35H64O3. The molecule has 3 nitrogen and oxygen atoms in total. The molecule has 0 saturated heterocycles. The summed E-state index contributed by atoms with van der Waals surface area (Å²) in [6.07, 6.45) is 36.0. The molecule has 0 aliphatic rings. The molecule has 0 aliphatic heterocycles. The first kappa shape index (κ1) is 36.6. The third kappa shape index (κ3) is 24.9. The monoisotopic (exact) mass is 532 g/mol. The van der Waals surface area contributed by atoms with E-state index >= 15 is 0 Å². The summed E-state index contributed by atoms with van der Waals surface area (Å²) in [5.74, 6) is -1.01. The summed E-state index contributed by atoms with van der Waals surface area (Å²) in [5, 5.41) is 0. The Hall–Kier alpha value is -1.38. The summed E-state index contributed by atoms with van der Waals surface area (Å²) < 4.78 is 5.08. The SMILES string of the molecule is CCCCCCCCCCCCCC=C(C)C(=O)OC(=O)C(C)=CCCCCCCCCCCCCCC. The van der Waals surface area contributed by atoms with Crippen molar-refractivity contribution < 1.29 is 14.3 Å². The Kier molecular flexibility index (Phi) is 27.6. The maximum absolute atomic E-state index is 12.2. The van der Waals surface area contributed by atoms with Crippen LogP contribution in [0, 0.1) is 0 Å². The van der Waals surface area contributed by atoms with E-state index in [9.17, 15) is 9.59 Å². The Morgan fingerprint density at radius 2 is 0.658 bits per heavy atom. The molecule has 0 saturated carbocycles. The summed E-state index contributed by atoms with van der Waals surface area (Å²) in [6, 6.07) is 0. The Morgan fingerprint density at radius 3 is 0.921 bits per heavy atom. The highest BCUT2D eigenvalue weighted by Crippen LogP contribution is 2.15. The van der Waals surface area contributed by atoms with Crippen molar-refractivity contribution >= 4 is 11.9 Å². The van der Waals surface area contributed by atoms with Gasteiger partial charge in [-0.2, -0.15) is 0 Å². The second-order valence-electron chi connectivity index (χ2n) is 11.5. The standard InChI is InChI=1S/C35H64O3/c1-5-7-9-11-13-15-17-19-21-23-25-27-29-31-33(4)35(37)38-34(36)32(3)30-28-26-24-22-20-18-16-14-12-10-8-6-2/h30-31H,5-29H2,1-4H3. The molecule has 0 bridgehead atoms. The largest absolute Gasteiger partial charge is 0.386 e. The van der Waals surface area contributed by atoms with Crippen LogP contribution in [0.15, 0.2) is 23.3 Å². The predicted molar refractivity (Wildman–Crippen MR) is 165 cm³/mol. The van der Waals surface area contributed by atoms with E-state index in [0.717, 1.165) is 25.7 Å². The number of allylic oxidation sites excluding steroid dienone is 2. The number of hydrogen-bond donors (Lipinski definition) is 0. The van der Waals surface area contributed by atoms with Gasteiger partial charge in [0.2, 0.25) is 0 Å². The average molecular weight is 533 g/mol. The summed E-state index contributed by atoms with van der Waals surface area (Å²) in [6.45, 7) is 8.03. The van der Waals surface area contributed by atoms with E-state index in [1.54, 1.807) is 13.8 Å². The van der Waals surface area contributed by atoms with Crippen LogP contribution < -0.4 is 0 Å². The fraction of sp³-hybridized carbons (Fsp3) is 0.829. The molecule has 0 aromatic rings. The van der Waals surface area contributed by atoms with Gasteiger partial charge in [0.05, 0.1) is 0 Å². The van der Waals surface area contributed by atoms with Crippen LogP contribution in [0.25, 0.3) is 0 Å². The van der Waals surface area contributed by atoms with Crippen LogP contribution in [0.4, 0.5) is 0 Å². The van der Waals surface area contributed by atoms with Crippen LogP contribution in [0.5, 0.6) is 0 Å². The zero-order valence-electron chi connectivity index (χ0n) is 26.1. The number of carbonyl (C=O) groups excluding carboxylic acids is 2. The molecule has 0 heterocycles. The van der Waals surface area contributed by atoms with Crippen LogP contribution in [-0.2, 0) is 14.3 Å². The van der Waals surface area contributed by atoms with Gasteiger partial charge in [-0.1, -0.05) is 161 Å². The molecule has 222 valence electrons. The highest BCUT2D eigenvalue weighted by atomic mass is 16.6. The number of ether oxygens (including phenoxy) is 1. The highest BCUT2D eigenvalue weighted by Gasteiger charge is 2.13. The Balaban J connectivity index is 3.75. The van der Waals surface area contributed by atoms with Crippen LogP contribution >= 0.6 is 0 Å². The molecule has 0 fully saturated rings. The van der Waals surface area contributed by atoms with Crippen LogP contribution in [0.1, 0.15) is 188 Å². The molecule has 0 rings (SSSR count). The lowest BCUT2D eigenvalue weighted by Gasteiger charge is -2.05. The molecule has 0 aromatic carbocycles. The molecule has 0 unspecified atom stereocenters. The topological polar surface area (TPSA) is 43.4 Å². The number of carbonyl (C=O) groups is 2. The van der Waals surface area contributed by atoms with E-state index in [2.05, 4.69) is 13.8 Å². The van der Waals surface area contributed by atoms with Crippen molar-refractivity contribution in [3.05, 3.63) is 23.3 Å². The second kappa shape index (κ2) is 28.6. The third-order valence-corrected chi connectivity index (χ3v) is 7.60. The summed E-state index contributed by atoms with van der Waals surface area (Å²) >= 11 is 0. The number of unbranched alkanes of at least 4 members (excludes halogenated alkanes) is 23. The molecule has 0 spiro atoms. The number of rotatable bonds is 27. The van der Waals surface area contributed by atoms with Gasteiger partial charge in [-0.05, 0) is 39.5 Å². The van der Waals surface area contributed by atoms with E-state index in [0.29, 0.717) is 11.1 Å². The minimum absolute atomic E-state index is 0.503. The van der Waals surface area contributed by atoms with Crippen LogP contribution in [-0.4, -0.2) is 11.9 Å². The lowest BCUT2D eigenvalue weighted by molar-refractivity contribution is -0.154. The molecule has 0 aliphatic carbocycles. The van der Waals surface area contributed by atoms with Gasteiger partial charge in [-0.15, -0.1) is 0 Å². The van der Waals surface area contributed by atoms with Gasteiger partial charge >= 0.3 is 11.9 Å². The number of esters is 2. The average Bonchev–Trinajstić information content (AvgIpc) is 2.91. The molecule has 3 heteroatoms. The lowest BCUT2D eigenvalue weighted by atomic mass is 10.0. The Bertz CT molecular complexity index is 617. The van der Waals surface area contributed by atoms with Crippen LogP contribution in [0.3, 0.4) is 0 Å². The first-order valence-corrected chi connectivity index (χ1v) is 16.6. The van der Waals surface area contributed by atoms with Gasteiger partial charge in [0.15, 0.2) is 0 Å². The third-order valence-electron chi connectivity index (χ3n) is 7.60. The van der Waals surface area contributed by atoms with Crippen molar-refractivity contribution in [1.82, 2.24) is 0 Å². The Labute approximate surface area is 237 Å². The molecule has 0 aromatic heterocycles.